The molecule has 0 saturated carbocycles. The second kappa shape index (κ2) is 5.56. The van der Waals surface area contributed by atoms with E-state index in [2.05, 4.69) is 0 Å². The Balaban J connectivity index is 2.86. The molecule has 1 atom stereocenters. The third-order valence-corrected chi connectivity index (χ3v) is 2.66. The fourth-order valence-electron chi connectivity index (χ4n) is 1.72. The van der Waals surface area contributed by atoms with E-state index in [0.29, 0.717) is 0 Å². The molecule has 1 rings (SSSR count). The zero-order valence-corrected chi connectivity index (χ0v) is 11.9. The van der Waals surface area contributed by atoms with E-state index in [1.165, 1.54) is 14.2 Å². The molecule has 0 aromatic carbocycles. The normalized spacial score (nSPS) is 19.5. The topological polar surface area (TPSA) is 76.2 Å². The van der Waals surface area contributed by atoms with Crippen LogP contribution in [0, 0.1) is 0 Å². The SMILES string of the molecule is CON(C)C(=O)[C@@H]1C(=O)CCN1C(=O)OC(C)(C)C. The number of nitrogens with zero attached hydrogens (tertiary/aromatic N) is 2. The summed E-state index contributed by atoms with van der Waals surface area (Å²) < 4.78 is 5.19. The molecular weight excluding hydrogens is 252 g/mol. The van der Waals surface area contributed by atoms with E-state index < -0.39 is 23.6 Å². The Morgan fingerprint density at radius 3 is 2.42 bits per heavy atom. The molecule has 1 aliphatic rings. The fraction of sp³-hybridized carbons (Fsp3) is 0.750. The maximum atomic E-state index is 12.0. The predicted octanol–water partition coefficient (Wildman–Crippen LogP) is 0.585. The van der Waals surface area contributed by atoms with Gasteiger partial charge < -0.3 is 4.74 Å². The van der Waals surface area contributed by atoms with Crippen LogP contribution < -0.4 is 0 Å². The van der Waals surface area contributed by atoms with Crippen molar-refractivity contribution in [2.45, 2.75) is 38.8 Å². The van der Waals surface area contributed by atoms with Crippen LogP contribution in [0.2, 0.25) is 0 Å². The minimum atomic E-state index is -1.15. The number of hydrogen-bond acceptors (Lipinski definition) is 5. The molecule has 0 N–H and O–H groups in total. The lowest BCUT2D eigenvalue weighted by atomic mass is 10.2. The van der Waals surface area contributed by atoms with Gasteiger partial charge >= 0.3 is 6.09 Å². The zero-order valence-electron chi connectivity index (χ0n) is 11.9. The Labute approximate surface area is 112 Å². The fourth-order valence-corrected chi connectivity index (χ4v) is 1.72. The van der Waals surface area contributed by atoms with Crippen molar-refractivity contribution in [3.63, 3.8) is 0 Å². The van der Waals surface area contributed by atoms with E-state index in [1.807, 2.05) is 0 Å². The Hall–Kier alpha value is -1.63. The summed E-state index contributed by atoms with van der Waals surface area (Å²) in [5.41, 5.74) is -0.677. The number of hydroxylamine groups is 2. The van der Waals surface area contributed by atoms with Gasteiger partial charge in [-0.1, -0.05) is 0 Å². The van der Waals surface area contributed by atoms with Crippen LogP contribution in [0.3, 0.4) is 0 Å². The second-order valence-corrected chi connectivity index (χ2v) is 5.31. The predicted molar refractivity (Wildman–Crippen MR) is 66.1 cm³/mol. The van der Waals surface area contributed by atoms with E-state index >= 15 is 0 Å². The number of likely N-dealkylation sites (tertiary alicyclic amines) is 1. The molecule has 7 heteroatoms. The van der Waals surface area contributed by atoms with E-state index in [9.17, 15) is 14.4 Å². The van der Waals surface area contributed by atoms with Crippen LogP contribution in [0.1, 0.15) is 27.2 Å². The highest BCUT2D eigenvalue weighted by Crippen LogP contribution is 2.19. The van der Waals surface area contributed by atoms with Crippen molar-refractivity contribution in [2.75, 3.05) is 20.7 Å². The largest absolute Gasteiger partial charge is 0.444 e. The summed E-state index contributed by atoms with van der Waals surface area (Å²) in [6, 6.07) is -1.15. The molecule has 0 spiro atoms. The molecule has 0 radical (unpaired) electrons. The van der Waals surface area contributed by atoms with Crippen molar-refractivity contribution in [1.82, 2.24) is 9.96 Å². The molecule has 1 heterocycles. The first-order valence-corrected chi connectivity index (χ1v) is 6.01. The number of ether oxygens (including phenoxy) is 1. The van der Waals surface area contributed by atoms with E-state index in [1.54, 1.807) is 20.8 Å². The van der Waals surface area contributed by atoms with Gasteiger partial charge in [0.1, 0.15) is 5.60 Å². The summed E-state index contributed by atoms with van der Waals surface area (Å²) in [6.07, 6.45) is -0.520. The molecule has 1 aliphatic heterocycles. The first-order chi connectivity index (χ1) is 8.67. The number of hydrogen-bond donors (Lipinski definition) is 0. The maximum absolute atomic E-state index is 12.0. The minimum absolute atomic E-state index is 0.146. The highest BCUT2D eigenvalue weighted by molar-refractivity contribution is 6.08. The summed E-state index contributed by atoms with van der Waals surface area (Å²) >= 11 is 0. The molecule has 108 valence electrons. The van der Waals surface area contributed by atoms with Gasteiger partial charge in [-0.25, -0.2) is 9.86 Å². The first-order valence-electron chi connectivity index (χ1n) is 6.01. The molecule has 2 amide bonds. The summed E-state index contributed by atoms with van der Waals surface area (Å²) in [7, 11) is 2.70. The van der Waals surface area contributed by atoms with Gasteiger partial charge in [0, 0.05) is 20.0 Å². The zero-order chi connectivity index (χ0) is 14.8. The van der Waals surface area contributed by atoms with Gasteiger partial charge in [0.05, 0.1) is 7.11 Å². The molecular formula is C12H20N2O5. The number of amides is 2. The molecule has 0 aliphatic carbocycles. The van der Waals surface area contributed by atoms with Crippen LogP contribution in [-0.2, 0) is 19.2 Å². The van der Waals surface area contributed by atoms with Crippen molar-refractivity contribution in [3.05, 3.63) is 0 Å². The van der Waals surface area contributed by atoms with Gasteiger partial charge in [-0.2, -0.15) is 0 Å². The Bertz CT molecular complexity index is 388. The number of carbonyl (C=O) groups is 3. The molecule has 19 heavy (non-hydrogen) atoms. The molecule has 0 aromatic heterocycles. The van der Waals surface area contributed by atoms with Crippen molar-refractivity contribution in [1.29, 1.82) is 0 Å². The third kappa shape index (κ3) is 3.66. The summed E-state index contributed by atoms with van der Waals surface area (Å²) in [6.45, 7) is 5.35. The van der Waals surface area contributed by atoms with Crippen molar-refractivity contribution >= 4 is 17.8 Å². The van der Waals surface area contributed by atoms with Crippen LogP contribution in [0.25, 0.3) is 0 Å². The van der Waals surface area contributed by atoms with Gasteiger partial charge in [0.25, 0.3) is 5.91 Å². The van der Waals surface area contributed by atoms with Gasteiger partial charge in [-0.05, 0) is 20.8 Å². The smallest absolute Gasteiger partial charge is 0.411 e. The highest BCUT2D eigenvalue weighted by Gasteiger charge is 2.44. The molecule has 0 bridgehead atoms. The number of rotatable bonds is 2. The van der Waals surface area contributed by atoms with Crippen LogP contribution in [0.5, 0.6) is 0 Å². The summed E-state index contributed by atoms with van der Waals surface area (Å²) in [4.78, 5) is 41.6. The number of ketones is 1. The lowest BCUT2D eigenvalue weighted by molar-refractivity contribution is -0.174. The summed E-state index contributed by atoms with van der Waals surface area (Å²) in [5.74, 6) is -0.879. The van der Waals surface area contributed by atoms with Crippen LogP contribution in [0.15, 0.2) is 0 Å². The maximum Gasteiger partial charge on any atom is 0.411 e. The first kappa shape index (κ1) is 15.4. The van der Waals surface area contributed by atoms with E-state index in [4.69, 9.17) is 9.57 Å². The second-order valence-electron chi connectivity index (χ2n) is 5.31. The average molecular weight is 272 g/mol. The molecule has 1 fully saturated rings. The van der Waals surface area contributed by atoms with Gasteiger partial charge in [-0.3, -0.25) is 19.3 Å². The van der Waals surface area contributed by atoms with E-state index in [-0.39, 0.29) is 18.7 Å². The minimum Gasteiger partial charge on any atom is -0.444 e. The lowest BCUT2D eigenvalue weighted by Crippen LogP contribution is -2.50. The Morgan fingerprint density at radius 1 is 1.37 bits per heavy atom. The molecule has 1 saturated heterocycles. The third-order valence-electron chi connectivity index (χ3n) is 2.66. The Kier molecular flexibility index (Phi) is 4.52. The lowest BCUT2D eigenvalue weighted by Gasteiger charge is -2.28. The number of Topliss-reactive ketones (excluding diaryl/α,β-unsaturated/α-hetero) is 1. The van der Waals surface area contributed by atoms with Crippen molar-refractivity contribution in [2.24, 2.45) is 0 Å². The molecule has 0 unspecified atom stereocenters. The highest BCUT2D eigenvalue weighted by atomic mass is 16.7. The average Bonchev–Trinajstić information content (AvgIpc) is 2.67. The molecule has 7 nitrogen and oxygen atoms in total. The number of likely N-dealkylation sites (N-methyl/N-ethyl adjacent to an activating group) is 1. The van der Waals surface area contributed by atoms with E-state index in [0.717, 1.165) is 9.96 Å². The van der Waals surface area contributed by atoms with Crippen LogP contribution in [-0.4, -0.2) is 60.1 Å². The standard InChI is InChI=1S/C12H20N2O5/c1-12(2,3)19-11(17)14-7-6-8(15)9(14)10(16)13(4)18-5/h9H,6-7H2,1-5H3/t9-/m0/s1. The van der Waals surface area contributed by atoms with Gasteiger partial charge in [0.15, 0.2) is 11.8 Å². The van der Waals surface area contributed by atoms with Crippen molar-refractivity contribution < 1.29 is 24.0 Å². The quantitative estimate of drug-likeness (QED) is 0.543. The van der Waals surface area contributed by atoms with Gasteiger partial charge in [0.2, 0.25) is 0 Å². The monoisotopic (exact) mass is 272 g/mol. The van der Waals surface area contributed by atoms with Gasteiger partial charge in [-0.15, -0.1) is 0 Å². The van der Waals surface area contributed by atoms with Crippen molar-refractivity contribution in [3.8, 4) is 0 Å². The van der Waals surface area contributed by atoms with Crippen LogP contribution in [0.4, 0.5) is 4.79 Å². The summed E-state index contributed by atoms with van der Waals surface area (Å²) in [5, 5.41) is 0.936. The number of carbonyl (C=O) groups excluding carboxylic acids is 3. The Morgan fingerprint density at radius 2 is 1.95 bits per heavy atom. The molecule has 0 aromatic rings. The van der Waals surface area contributed by atoms with Crippen LogP contribution >= 0.6 is 0 Å².